The zero-order valence-corrected chi connectivity index (χ0v) is 13.0. The highest BCUT2D eigenvalue weighted by molar-refractivity contribution is 5.70. The molecule has 1 aliphatic rings. The summed E-state index contributed by atoms with van der Waals surface area (Å²) < 4.78 is 11.2. The Morgan fingerprint density at radius 3 is 2.62 bits per heavy atom. The first-order valence-corrected chi connectivity index (χ1v) is 7.19. The van der Waals surface area contributed by atoms with Gasteiger partial charge in [-0.3, -0.25) is 4.90 Å². The maximum atomic E-state index is 12.1. The minimum absolute atomic E-state index is 0.0122. The fourth-order valence-electron chi connectivity index (χ4n) is 2.35. The van der Waals surface area contributed by atoms with Crippen LogP contribution in [0, 0.1) is 0 Å². The van der Waals surface area contributed by atoms with Gasteiger partial charge in [-0.1, -0.05) is 36.9 Å². The van der Waals surface area contributed by atoms with Gasteiger partial charge >= 0.3 is 6.09 Å². The lowest BCUT2D eigenvalue weighted by atomic mass is 10.1. The van der Waals surface area contributed by atoms with Crippen LogP contribution in [0.4, 0.5) is 4.79 Å². The third kappa shape index (κ3) is 4.60. The van der Waals surface area contributed by atoms with Crippen molar-refractivity contribution in [2.45, 2.75) is 45.5 Å². The Hall–Kier alpha value is -1.81. The highest BCUT2D eigenvalue weighted by atomic mass is 16.6. The minimum atomic E-state index is -0.358. The zero-order valence-electron chi connectivity index (χ0n) is 13.0. The van der Waals surface area contributed by atoms with E-state index in [2.05, 4.69) is 6.58 Å². The molecule has 0 aromatic heterocycles. The van der Waals surface area contributed by atoms with E-state index >= 15 is 0 Å². The molecule has 1 aromatic carbocycles. The quantitative estimate of drug-likeness (QED) is 0.851. The molecule has 1 amide bonds. The van der Waals surface area contributed by atoms with E-state index in [0.717, 1.165) is 11.3 Å². The summed E-state index contributed by atoms with van der Waals surface area (Å²) in [5.74, 6) is 0. The lowest BCUT2D eigenvalue weighted by Crippen LogP contribution is -2.33. The van der Waals surface area contributed by atoms with Crippen molar-refractivity contribution >= 4 is 6.09 Å². The number of ether oxygens (including phenoxy) is 2. The predicted molar refractivity (Wildman–Crippen MR) is 81.7 cm³/mol. The predicted octanol–water partition coefficient (Wildman–Crippen LogP) is 3.73. The van der Waals surface area contributed by atoms with Crippen molar-refractivity contribution in [1.82, 2.24) is 4.90 Å². The van der Waals surface area contributed by atoms with E-state index in [9.17, 15) is 4.79 Å². The van der Waals surface area contributed by atoms with Crippen molar-refractivity contribution < 1.29 is 14.3 Å². The fraction of sp³-hybridized carbons (Fsp3) is 0.471. The molecule has 21 heavy (non-hydrogen) atoms. The molecule has 1 aromatic rings. The number of carbonyl (C=O) groups excluding carboxylic acids is 1. The van der Waals surface area contributed by atoms with Gasteiger partial charge in [-0.25, -0.2) is 4.79 Å². The summed E-state index contributed by atoms with van der Waals surface area (Å²) in [5.41, 5.74) is 1.50. The molecule has 1 fully saturated rings. The van der Waals surface area contributed by atoms with Crippen LogP contribution >= 0.6 is 0 Å². The van der Waals surface area contributed by atoms with Gasteiger partial charge in [0.05, 0.1) is 18.2 Å². The zero-order chi connectivity index (χ0) is 15.5. The third-order valence-corrected chi connectivity index (χ3v) is 3.18. The molecule has 0 radical (unpaired) electrons. The van der Waals surface area contributed by atoms with Crippen LogP contribution in [0.3, 0.4) is 0 Å². The average Bonchev–Trinajstić information content (AvgIpc) is 2.76. The molecule has 0 saturated carbocycles. The number of hydrogen-bond acceptors (Lipinski definition) is 3. The molecular weight excluding hydrogens is 266 g/mol. The van der Waals surface area contributed by atoms with Crippen molar-refractivity contribution in [3.05, 3.63) is 48.2 Å². The van der Waals surface area contributed by atoms with Crippen molar-refractivity contribution in [3.63, 3.8) is 0 Å². The van der Waals surface area contributed by atoms with Gasteiger partial charge in [-0.2, -0.15) is 0 Å². The Kier molecular flexibility index (Phi) is 4.68. The Bertz CT molecular complexity index is 505. The molecule has 2 rings (SSSR count). The van der Waals surface area contributed by atoms with Crippen LogP contribution in [0.25, 0.3) is 0 Å². The van der Waals surface area contributed by atoms with Gasteiger partial charge in [-0.05, 0) is 26.3 Å². The van der Waals surface area contributed by atoms with E-state index in [1.165, 1.54) is 0 Å². The van der Waals surface area contributed by atoms with Gasteiger partial charge < -0.3 is 9.47 Å². The summed E-state index contributed by atoms with van der Waals surface area (Å²) in [4.78, 5) is 13.7. The Balaban J connectivity index is 1.87. The molecule has 0 aliphatic carbocycles. The second kappa shape index (κ2) is 6.31. The number of carbonyl (C=O) groups is 1. The molecule has 1 saturated heterocycles. The van der Waals surface area contributed by atoms with E-state index in [0.29, 0.717) is 13.0 Å². The summed E-state index contributed by atoms with van der Waals surface area (Å²) in [6.07, 6.45) is 0.295. The van der Waals surface area contributed by atoms with Crippen LogP contribution in [0.2, 0.25) is 0 Å². The fourth-order valence-corrected chi connectivity index (χ4v) is 2.35. The largest absolute Gasteiger partial charge is 0.444 e. The molecule has 0 spiro atoms. The topological polar surface area (TPSA) is 38.8 Å². The second-order valence-corrected chi connectivity index (χ2v) is 6.27. The monoisotopic (exact) mass is 289 g/mol. The van der Waals surface area contributed by atoms with Gasteiger partial charge in [0, 0.05) is 12.1 Å². The number of nitrogens with zero attached hydrogens (tertiary/aromatic N) is 1. The lowest BCUT2D eigenvalue weighted by Gasteiger charge is -2.24. The first-order valence-electron chi connectivity index (χ1n) is 7.19. The molecule has 1 heterocycles. The SMILES string of the molecule is C=C1C[C@@H](OC(C)(C)C)CN1C(=O)OCc1ccccc1. The molecule has 1 atom stereocenters. The first-order chi connectivity index (χ1) is 9.85. The molecule has 0 unspecified atom stereocenters. The van der Waals surface area contributed by atoms with E-state index in [1.807, 2.05) is 51.1 Å². The first kappa shape index (κ1) is 15.6. The molecule has 114 valence electrons. The minimum Gasteiger partial charge on any atom is -0.444 e. The highest BCUT2D eigenvalue weighted by Crippen LogP contribution is 2.26. The number of likely N-dealkylation sites (tertiary alicyclic amines) is 1. The number of benzene rings is 1. The van der Waals surface area contributed by atoms with E-state index < -0.39 is 0 Å². The smallest absolute Gasteiger partial charge is 0.414 e. The maximum Gasteiger partial charge on any atom is 0.414 e. The number of rotatable bonds is 3. The highest BCUT2D eigenvalue weighted by Gasteiger charge is 2.33. The Morgan fingerprint density at radius 1 is 1.33 bits per heavy atom. The molecule has 0 N–H and O–H groups in total. The van der Waals surface area contributed by atoms with Crippen molar-refractivity contribution in [2.75, 3.05) is 6.54 Å². The summed E-state index contributed by atoms with van der Waals surface area (Å²) in [6, 6.07) is 9.63. The van der Waals surface area contributed by atoms with Gasteiger partial charge in [0.1, 0.15) is 6.61 Å². The summed E-state index contributed by atoms with van der Waals surface area (Å²) in [5, 5.41) is 0. The van der Waals surface area contributed by atoms with E-state index in [-0.39, 0.29) is 24.4 Å². The molecule has 4 heteroatoms. The number of amides is 1. The van der Waals surface area contributed by atoms with Crippen LogP contribution in [-0.4, -0.2) is 29.2 Å². The van der Waals surface area contributed by atoms with Crippen LogP contribution in [-0.2, 0) is 16.1 Å². The van der Waals surface area contributed by atoms with Gasteiger partial charge in [0.25, 0.3) is 0 Å². The van der Waals surface area contributed by atoms with Crippen LogP contribution < -0.4 is 0 Å². The number of hydrogen-bond donors (Lipinski definition) is 0. The summed E-state index contributed by atoms with van der Waals surface area (Å²) in [6.45, 7) is 10.7. The Morgan fingerprint density at radius 2 is 2.00 bits per heavy atom. The van der Waals surface area contributed by atoms with Gasteiger partial charge in [-0.15, -0.1) is 0 Å². The van der Waals surface area contributed by atoms with Crippen LogP contribution in [0.1, 0.15) is 32.8 Å². The maximum absolute atomic E-state index is 12.1. The second-order valence-electron chi connectivity index (χ2n) is 6.27. The van der Waals surface area contributed by atoms with Crippen LogP contribution in [0.15, 0.2) is 42.6 Å². The van der Waals surface area contributed by atoms with Crippen molar-refractivity contribution in [3.8, 4) is 0 Å². The third-order valence-electron chi connectivity index (χ3n) is 3.18. The van der Waals surface area contributed by atoms with E-state index in [4.69, 9.17) is 9.47 Å². The van der Waals surface area contributed by atoms with Gasteiger partial charge in [0.15, 0.2) is 0 Å². The Labute approximate surface area is 126 Å². The van der Waals surface area contributed by atoms with Gasteiger partial charge in [0.2, 0.25) is 0 Å². The van der Waals surface area contributed by atoms with Crippen molar-refractivity contribution in [2.24, 2.45) is 0 Å². The molecule has 1 aliphatic heterocycles. The molecular formula is C17H23NO3. The summed E-state index contributed by atoms with van der Waals surface area (Å²) in [7, 11) is 0. The lowest BCUT2D eigenvalue weighted by molar-refractivity contribution is -0.0535. The van der Waals surface area contributed by atoms with Crippen molar-refractivity contribution in [1.29, 1.82) is 0 Å². The standard InChI is InChI=1S/C17H23NO3/c1-13-10-15(21-17(2,3)4)11-18(13)16(19)20-12-14-8-6-5-7-9-14/h5-9,15H,1,10-12H2,2-4H3/t15-/m1/s1. The normalized spacial score (nSPS) is 18.9. The van der Waals surface area contributed by atoms with E-state index in [1.54, 1.807) is 4.90 Å². The average molecular weight is 289 g/mol. The van der Waals surface area contributed by atoms with Crippen LogP contribution in [0.5, 0.6) is 0 Å². The molecule has 0 bridgehead atoms. The molecule has 4 nitrogen and oxygen atoms in total. The summed E-state index contributed by atoms with van der Waals surface area (Å²) >= 11 is 0.